The first-order valence-corrected chi connectivity index (χ1v) is 5.08. The van der Waals surface area contributed by atoms with Gasteiger partial charge in [-0.25, -0.2) is 0 Å². The molecule has 0 bridgehead atoms. The van der Waals surface area contributed by atoms with E-state index in [4.69, 9.17) is 9.47 Å². The van der Waals surface area contributed by atoms with Gasteiger partial charge < -0.3 is 19.4 Å². The molecule has 0 amide bonds. The van der Waals surface area contributed by atoms with Gasteiger partial charge in [-0.05, 0) is 12.8 Å². The van der Waals surface area contributed by atoms with Crippen molar-refractivity contribution in [3.63, 3.8) is 0 Å². The lowest BCUT2D eigenvalue weighted by Crippen LogP contribution is -2.45. The number of hydrogen-bond donors (Lipinski definition) is 1. The molecule has 3 unspecified atom stereocenters. The van der Waals surface area contributed by atoms with Crippen molar-refractivity contribution >= 4 is 6.29 Å². The summed E-state index contributed by atoms with van der Waals surface area (Å²) in [5.41, 5.74) is -0.506. The van der Waals surface area contributed by atoms with Crippen LogP contribution < -0.4 is 0 Å². The number of ether oxygens (including phenoxy) is 2. The van der Waals surface area contributed by atoms with Crippen LogP contribution in [0.4, 0.5) is 0 Å². The third-order valence-electron chi connectivity index (χ3n) is 3.33. The topological polar surface area (TPSA) is 55.8 Å². The van der Waals surface area contributed by atoms with Crippen molar-refractivity contribution < 1.29 is 19.4 Å². The number of hydrogen-bond acceptors (Lipinski definition) is 4. The minimum Gasteiger partial charge on any atom is -0.390 e. The predicted molar refractivity (Wildman–Crippen MR) is 48.9 cm³/mol. The van der Waals surface area contributed by atoms with Crippen molar-refractivity contribution in [2.45, 2.75) is 18.9 Å². The number of aliphatic hydroxyl groups is 1. The van der Waals surface area contributed by atoms with E-state index in [0.717, 1.165) is 25.7 Å². The number of rotatable bonds is 2. The predicted octanol–water partition coefficient (Wildman–Crippen LogP) is -0.0106. The summed E-state index contributed by atoms with van der Waals surface area (Å²) in [5, 5.41) is 9.70. The summed E-state index contributed by atoms with van der Waals surface area (Å²) in [6, 6.07) is 0. The van der Waals surface area contributed by atoms with Gasteiger partial charge in [0.2, 0.25) is 0 Å². The fraction of sp³-hybridized carbons (Fsp3) is 0.900. The van der Waals surface area contributed by atoms with Crippen LogP contribution in [0.3, 0.4) is 0 Å². The van der Waals surface area contributed by atoms with E-state index in [0.29, 0.717) is 19.8 Å². The molecule has 0 aromatic carbocycles. The van der Waals surface area contributed by atoms with Crippen molar-refractivity contribution in [3.8, 4) is 0 Å². The van der Waals surface area contributed by atoms with Crippen molar-refractivity contribution in [3.05, 3.63) is 0 Å². The van der Waals surface area contributed by atoms with E-state index in [-0.39, 0.29) is 5.92 Å². The molecular formula is C10H16O4. The van der Waals surface area contributed by atoms with E-state index in [1.807, 2.05) is 0 Å². The molecule has 80 valence electrons. The molecule has 0 aromatic heterocycles. The maximum Gasteiger partial charge on any atom is 0.128 e. The lowest BCUT2D eigenvalue weighted by molar-refractivity contribution is -0.132. The number of carbonyl (C=O) groups is 1. The molecule has 0 spiro atoms. The number of aldehydes is 1. The minimum atomic E-state index is -0.512. The fourth-order valence-electron chi connectivity index (χ4n) is 2.40. The Morgan fingerprint density at radius 1 is 1.36 bits per heavy atom. The molecule has 0 radical (unpaired) electrons. The quantitative estimate of drug-likeness (QED) is 0.637. The van der Waals surface area contributed by atoms with Crippen LogP contribution in [-0.2, 0) is 14.3 Å². The molecule has 2 aliphatic rings. The van der Waals surface area contributed by atoms with E-state index < -0.39 is 11.5 Å². The average Bonchev–Trinajstić information content (AvgIpc) is 2.66. The van der Waals surface area contributed by atoms with E-state index in [9.17, 15) is 9.90 Å². The van der Waals surface area contributed by atoms with Crippen molar-refractivity contribution in [2.75, 3.05) is 26.4 Å². The highest BCUT2D eigenvalue weighted by Gasteiger charge is 2.46. The van der Waals surface area contributed by atoms with Crippen LogP contribution in [-0.4, -0.2) is 43.9 Å². The molecule has 14 heavy (non-hydrogen) atoms. The first kappa shape index (κ1) is 10.1. The Balaban J connectivity index is 2.13. The molecule has 0 aromatic rings. The highest BCUT2D eigenvalue weighted by molar-refractivity contribution is 5.60. The van der Waals surface area contributed by atoms with Gasteiger partial charge in [0.25, 0.3) is 0 Å². The fourth-order valence-corrected chi connectivity index (χ4v) is 2.40. The van der Waals surface area contributed by atoms with Gasteiger partial charge in [0, 0.05) is 12.5 Å². The molecule has 3 atom stereocenters. The van der Waals surface area contributed by atoms with E-state index in [2.05, 4.69) is 0 Å². The van der Waals surface area contributed by atoms with Crippen LogP contribution in [0.2, 0.25) is 0 Å². The molecule has 2 aliphatic heterocycles. The molecule has 2 heterocycles. The lowest BCUT2D eigenvalue weighted by Gasteiger charge is -2.37. The maximum absolute atomic E-state index is 11.2. The Hall–Kier alpha value is -0.450. The van der Waals surface area contributed by atoms with Crippen LogP contribution in [0, 0.1) is 11.3 Å². The van der Waals surface area contributed by atoms with Crippen LogP contribution in [0.25, 0.3) is 0 Å². The second kappa shape index (κ2) is 3.96. The maximum atomic E-state index is 11.2. The summed E-state index contributed by atoms with van der Waals surface area (Å²) in [5.74, 6) is -0.0831. The molecule has 2 rings (SSSR count). The molecule has 2 fully saturated rings. The van der Waals surface area contributed by atoms with Gasteiger partial charge in [0.15, 0.2) is 0 Å². The second-order valence-electron chi connectivity index (χ2n) is 4.22. The summed E-state index contributed by atoms with van der Waals surface area (Å²) >= 11 is 0. The van der Waals surface area contributed by atoms with Crippen molar-refractivity contribution in [2.24, 2.45) is 11.3 Å². The highest BCUT2D eigenvalue weighted by Crippen LogP contribution is 2.38. The molecular weight excluding hydrogens is 184 g/mol. The molecule has 2 saturated heterocycles. The second-order valence-corrected chi connectivity index (χ2v) is 4.22. The third kappa shape index (κ3) is 1.58. The average molecular weight is 200 g/mol. The largest absolute Gasteiger partial charge is 0.390 e. The minimum absolute atomic E-state index is 0.0831. The highest BCUT2D eigenvalue weighted by atomic mass is 16.5. The molecule has 1 N–H and O–H groups in total. The SMILES string of the molecule is O=CC1(C2COCC2O)CCCOC1. The Morgan fingerprint density at radius 2 is 2.21 bits per heavy atom. The van der Waals surface area contributed by atoms with Crippen LogP contribution in [0.15, 0.2) is 0 Å². The van der Waals surface area contributed by atoms with Crippen LogP contribution in [0.1, 0.15) is 12.8 Å². The number of aliphatic hydroxyl groups excluding tert-OH is 1. The summed E-state index contributed by atoms with van der Waals surface area (Å²) in [6.07, 6.45) is 2.14. The zero-order valence-corrected chi connectivity index (χ0v) is 8.15. The monoisotopic (exact) mass is 200 g/mol. The van der Waals surface area contributed by atoms with Crippen molar-refractivity contribution in [1.29, 1.82) is 0 Å². The third-order valence-corrected chi connectivity index (χ3v) is 3.33. The van der Waals surface area contributed by atoms with Gasteiger partial charge in [0.05, 0.1) is 31.3 Å². The van der Waals surface area contributed by atoms with Gasteiger partial charge in [-0.15, -0.1) is 0 Å². The Morgan fingerprint density at radius 3 is 2.71 bits per heavy atom. The Bertz CT molecular complexity index is 210. The smallest absolute Gasteiger partial charge is 0.128 e. The summed E-state index contributed by atoms with van der Waals surface area (Å²) in [7, 11) is 0. The molecule has 0 saturated carbocycles. The Labute approximate surface area is 83.2 Å². The normalized spacial score (nSPS) is 43.8. The van der Waals surface area contributed by atoms with Crippen molar-refractivity contribution in [1.82, 2.24) is 0 Å². The summed E-state index contributed by atoms with van der Waals surface area (Å²) in [4.78, 5) is 11.2. The summed E-state index contributed by atoms with van der Waals surface area (Å²) < 4.78 is 10.5. The van der Waals surface area contributed by atoms with Gasteiger partial charge in [0.1, 0.15) is 6.29 Å². The van der Waals surface area contributed by atoms with Gasteiger partial charge in [-0.1, -0.05) is 0 Å². The van der Waals surface area contributed by atoms with E-state index in [1.54, 1.807) is 0 Å². The van der Waals surface area contributed by atoms with Gasteiger partial charge in [-0.2, -0.15) is 0 Å². The lowest BCUT2D eigenvalue weighted by atomic mass is 9.71. The molecule has 4 nitrogen and oxygen atoms in total. The zero-order chi connectivity index (χ0) is 10.0. The first-order chi connectivity index (χ1) is 6.78. The Kier molecular flexibility index (Phi) is 2.85. The van der Waals surface area contributed by atoms with Gasteiger partial charge >= 0.3 is 0 Å². The van der Waals surface area contributed by atoms with E-state index in [1.165, 1.54) is 0 Å². The van der Waals surface area contributed by atoms with Crippen LogP contribution in [0.5, 0.6) is 0 Å². The zero-order valence-electron chi connectivity index (χ0n) is 8.15. The first-order valence-electron chi connectivity index (χ1n) is 5.08. The number of carbonyl (C=O) groups excluding carboxylic acids is 1. The van der Waals surface area contributed by atoms with E-state index >= 15 is 0 Å². The molecule has 0 aliphatic carbocycles. The molecule has 4 heteroatoms. The van der Waals surface area contributed by atoms with Crippen LogP contribution >= 0.6 is 0 Å². The summed E-state index contributed by atoms with van der Waals surface area (Å²) in [6.45, 7) is 1.98. The standard InChI is InChI=1S/C10H16O4/c11-6-10(2-1-3-13-7-10)8-4-14-5-9(8)12/h6,8-9,12H,1-5,7H2. The van der Waals surface area contributed by atoms with Gasteiger partial charge in [-0.3, -0.25) is 0 Å².